The molecule has 0 atom stereocenters. The maximum atomic E-state index is 11.9. The summed E-state index contributed by atoms with van der Waals surface area (Å²) in [6.45, 7) is 1.83. The molecule has 2 heterocycles. The van der Waals surface area contributed by atoms with Crippen molar-refractivity contribution < 1.29 is 9.59 Å². The summed E-state index contributed by atoms with van der Waals surface area (Å²) in [5, 5.41) is 6.43. The Morgan fingerprint density at radius 1 is 1.19 bits per heavy atom. The van der Waals surface area contributed by atoms with Crippen molar-refractivity contribution in [2.75, 3.05) is 17.3 Å². The predicted octanol–water partition coefficient (Wildman–Crippen LogP) is 4.29. The Hall–Kier alpha value is -2.90. The standard InChI is InChI=1S/C18H15Cl2N5O2/c1-10-6-23-16-11(15(10)24-18(27)21-2)4-3-5-14(16)25(9-26)17-12(19)7-22-8-13(17)20/h3-9H,1-2H3,(H2,21,23,24,27). The molecular weight excluding hydrogens is 389 g/mol. The maximum absolute atomic E-state index is 11.9. The van der Waals surface area contributed by atoms with Crippen LogP contribution in [0.5, 0.6) is 0 Å². The van der Waals surface area contributed by atoms with Crippen LogP contribution < -0.4 is 15.5 Å². The number of pyridine rings is 2. The Bertz CT molecular complexity index is 1020. The minimum atomic E-state index is -0.358. The number of halogens is 2. The highest BCUT2D eigenvalue weighted by Crippen LogP contribution is 2.39. The third kappa shape index (κ3) is 3.51. The molecule has 3 rings (SSSR count). The lowest BCUT2D eigenvalue weighted by Gasteiger charge is -2.22. The molecule has 7 nitrogen and oxygen atoms in total. The Morgan fingerprint density at radius 2 is 1.89 bits per heavy atom. The monoisotopic (exact) mass is 403 g/mol. The quantitative estimate of drug-likeness (QED) is 0.635. The number of rotatable bonds is 4. The second-order valence-electron chi connectivity index (χ2n) is 5.62. The molecule has 2 aromatic heterocycles. The van der Waals surface area contributed by atoms with Crippen LogP contribution in [0.1, 0.15) is 5.56 Å². The molecule has 1 aromatic carbocycles. The van der Waals surface area contributed by atoms with Crippen molar-refractivity contribution >= 4 is 63.6 Å². The number of hydrogen-bond acceptors (Lipinski definition) is 4. The van der Waals surface area contributed by atoms with Crippen molar-refractivity contribution in [3.8, 4) is 0 Å². The number of nitrogens with zero attached hydrogens (tertiary/aromatic N) is 3. The third-order valence-electron chi connectivity index (χ3n) is 3.97. The minimum absolute atomic E-state index is 0.224. The third-order valence-corrected chi connectivity index (χ3v) is 4.52. The number of benzene rings is 1. The van der Waals surface area contributed by atoms with E-state index in [2.05, 4.69) is 20.6 Å². The summed E-state index contributed by atoms with van der Waals surface area (Å²) in [6, 6.07) is 4.93. The number of amides is 3. The molecule has 0 unspecified atom stereocenters. The second-order valence-corrected chi connectivity index (χ2v) is 6.44. The van der Waals surface area contributed by atoms with E-state index < -0.39 is 0 Å². The molecule has 2 N–H and O–H groups in total. The number of hydrogen-bond donors (Lipinski definition) is 2. The summed E-state index contributed by atoms with van der Waals surface area (Å²) in [7, 11) is 1.53. The fourth-order valence-electron chi connectivity index (χ4n) is 2.71. The molecule has 0 saturated carbocycles. The van der Waals surface area contributed by atoms with E-state index in [0.29, 0.717) is 34.4 Å². The summed E-state index contributed by atoms with van der Waals surface area (Å²) in [6.07, 6.45) is 5.03. The van der Waals surface area contributed by atoms with Gasteiger partial charge in [-0.1, -0.05) is 35.3 Å². The number of aromatic nitrogens is 2. The van der Waals surface area contributed by atoms with Gasteiger partial charge in [0.15, 0.2) is 0 Å². The van der Waals surface area contributed by atoms with Gasteiger partial charge in [0.1, 0.15) is 0 Å². The van der Waals surface area contributed by atoms with Gasteiger partial charge in [-0.05, 0) is 18.6 Å². The van der Waals surface area contributed by atoms with Crippen molar-refractivity contribution in [1.29, 1.82) is 0 Å². The molecule has 0 aliphatic rings. The Kier molecular flexibility index (Phi) is 5.43. The smallest absolute Gasteiger partial charge is 0.319 e. The van der Waals surface area contributed by atoms with Gasteiger partial charge in [-0.2, -0.15) is 0 Å². The Balaban J connectivity index is 2.24. The lowest BCUT2D eigenvalue weighted by molar-refractivity contribution is -0.106. The number of fused-ring (bicyclic) bond motifs is 1. The van der Waals surface area contributed by atoms with E-state index in [1.54, 1.807) is 18.3 Å². The molecule has 3 aromatic rings. The van der Waals surface area contributed by atoms with Crippen molar-refractivity contribution in [2.24, 2.45) is 0 Å². The van der Waals surface area contributed by atoms with Gasteiger partial charge in [0.25, 0.3) is 0 Å². The largest absolute Gasteiger partial charge is 0.341 e. The van der Waals surface area contributed by atoms with Crippen LogP contribution in [0.2, 0.25) is 10.0 Å². The summed E-state index contributed by atoms with van der Waals surface area (Å²) in [5.74, 6) is 0. The van der Waals surface area contributed by atoms with E-state index in [0.717, 1.165) is 5.56 Å². The van der Waals surface area contributed by atoms with E-state index in [1.807, 2.05) is 13.0 Å². The van der Waals surface area contributed by atoms with E-state index in [4.69, 9.17) is 23.2 Å². The van der Waals surface area contributed by atoms with Crippen LogP contribution >= 0.6 is 23.2 Å². The van der Waals surface area contributed by atoms with Gasteiger partial charge in [0, 0.05) is 31.0 Å². The highest BCUT2D eigenvalue weighted by molar-refractivity contribution is 6.39. The number of carbonyl (C=O) groups excluding carboxylic acids is 2. The highest BCUT2D eigenvalue weighted by Gasteiger charge is 2.20. The molecule has 0 radical (unpaired) electrons. The van der Waals surface area contributed by atoms with Crippen LogP contribution in [0.25, 0.3) is 10.9 Å². The van der Waals surface area contributed by atoms with E-state index in [-0.39, 0.29) is 16.1 Å². The topological polar surface area (TPSA) is 87.2 Å². The van der Waals surface area contributed by atoms with Crippen molar-refractivity contribution in [2.45, 2.75) is 6.92 Å². The molecule has 0 fully saturated rings. The Labute approximate surface area is 165 Å². The van der Waals surface area contributed by atoms with Crippen LogP contribution in [-0.4, -0.2) is 29.5 Å². The average molecular weight is 404 g/mol. The lowest BCUT2D eigenvalue weighted by atomic mass is 10.1. The number of aryl methyl sites for hydroxylation is 1. The van der Waals surface area contributed by atoms with Crippen molar-refractivity contribution in [3.63, 3.8) is 0 Å². The highest BCUT2D eigenvalue weighted by atomic mass is 35.5. The first kappa shape index (κ1) is 18.9. The summed E-state index contributed by atoms with van der Waals surface area (Å²) >= 11 is 12.4. The lowest BCUT2D eigenvalue weighted by Crippen LogP contribution is -2.25. The number of para-hydroxylation sites is 1. The molecule has 0 aliphatic carbocycles. The van der Waals surface area contributed by atoms with Gasteiger partial charge < -0.3 is 10.6 Å². The first-order valence-corrected chi connectivity index (χ1v) is 8.64. The predicted molar refractivity (Wildman–Crippen MR) is 107 cm³/mol. The number of anilines is 3. The van der Waals surface area contributed by atoms with Gasteiger partial charge in [0.05, 0.1) is 32.6 Å². The van der Waals surface area contributed by atoms with Crippen molar-refractivity contribution in [3.05, 3.63) is 52.4 Å². The minimum Gasteiger partial charge on any atom is -0.341 e. The number of urea groups is 1. The van der Waals surface area contributed by atoms with Crippen LogP contribution in [0.4, 0.5) is 21.9 Å². The zero-order chi connectivity index (χ0) is 19.6. The normalized spacial score (nSPS) is 10.5. The molecule has 0 aliphatic heterocycles. The Morgan fingerprint density at radius 3 is 2.52 bits per heavy atom. The van der Waals surface area contributed by atoms with E-state index in [9.17, 15) is 9.59 Å². The zero-order valence-corrected chi connectivity index (χ0v) is 16.0. The maximum Gasteiger partial charge on any atom is 0.319 e. The zero-order valence-electron chi connectivity index (χ0n) is 14.5. The van der Waals surface area contributed by atoms with Crippen LogP contribution in [0, 0.1) is 6.92 Å². The van der Waals surface area contributed by atoms with Crippen LogP contribution in [-0.2, 0) is 4.79 Å². The summed E-state index contributed by atoms with van der Waals surface area (Å²) in [4.78, 5) is 33.4. The van der Waals surface area contributed by atoms with Crippen LogP contribution in [0.3, 0.4) is 0 Å². The molecule has 9 heteroatoms. The van der Waals surface area contributed by atoms with Gasteiger partial charge in [-0.25, -0.2) is 4.79 Å². The van der Waals surface area contributed by atoms with Gasteiger partial charge in [-0.3, -0.25) is 19.7 Å². The molecule has 0 spiro atoms. The van der Waals surface area contributed by atoms with E-state index >= 15 is 0 Å². The van der Waals surface area contributed by atoms with Gasteiger partial charge in [-0.15, -0.1) is 0 Å². The fraction of sp³-hybridized carbons (Fsp3) is 0.111. The summed E-state index contributed by atoms with van der Waals surface area (Å²) < 4.78 is 0. The number of nitrogens with one attached hydrogen (secondary N) is 2. The van der Waals surface area contributed by atoms with Gasteiger partial charge >= 0.3 is 6.03 Å². The molecule has 3 amide bonds. The fourth-order valence-corrected chi connectivity index (χ4v) is 3.25. The first-order chi connectivity index (χ1) is 13.0. The molecule has 27 heavy (non-hydrogen) atoms. The first-order valence-electron chi connectivity index (χ1n) is 7.88. The van der Waals surface area contributed by atoms with Crippen molar-refractivity contribution in [1.82, 2.24) is 15.3 Å². The SMILES string of the molecule is CNC(=O)Nc1c(C)cnc2c(N(C=O)c3c(Cl)cncc3Cl)cccc12. The number of carbonyl (C=O) groups is 2. The molecule has 138 valence electrons. The van der Waals surface area contributed by atoms with E-state index in [1.165, 1.54) is 24.3 Å². The second kappa shape index (κ2) is 7.77. The molecule has 0 bridgehead atoms. The average Bonchev–Trinajstić information content (AvgIpc) is 2.66. The van der Waals surface area contributed by atoms with Gasteiger partial charge in [0.2, 0.25) is 6.41 Å². The van der Waals surface area contributed by atoms with Crippen LogP contribution in [0.15, 0.2) is 36.8 Å². The molecular formula is C18H15Cl2N5O2. The molecule has 0 saturated heterocycles. The summed E-state index contributed by atoms with van der Waals surface area (Å²) in [5.41, 5.74) is 2.65.